The molecule has 0 saturated carbocycles. The van der Waals surface area contributed by atoms with Gasteiger partial charge in [0.1, 0.15) is 10.5 Å². The number of aryl methyl sites for hydroxylation is 1. The first-order chi connectivity index (χ1) is 11.9. The number of ether oxygens (including phenoxy) is 1. The third-order valence-electron chi connectivity index (χ3n) is 4.30. The predicted octanol–water partition coefficient (Wildman–Crippen LogP) is 2.92. The third-order valence-corrected chi connectivity index (χ3v) is 5.42. The van der Waals surface area contributed by atoms with Gasteiger partial charge in [-0.3, -0.25) is 9.59 Å². The van der Waals surface area contributed by atoms with Gasteiger partial charge in [-0.15, -0.1) is 11.3 Å². The Bertz CT molecular complexity index is 763. The number of thiophene rings is 1. The number of nitrogens with zero attached hydrogens (tertiary/aromatic N) is 1. The lowest BCUT2D eigenvalue weighted by Gasteiger charge is -2.28. The molecule has 0 spiro atoms. The van der Waals surface area contributed by atoms with Gasteiger partial charge in [-0.25, -0.2) is 4.79 Å². The van der Waals surface area contributed by atoms with Gasteiger partial charge in [0.2, 0.25) is 5.91 Å². The molecule has 0 saturated heterocycles. The molecule has 2 atom stereocenters. The van der Waals surface area contributed by atoms with Crippen LogP contribution < -0.4 is 10.6 Å². The number of rotatable bonds is 6. The van der Waals surface area contributed by atoms with Crippen molar-refractivity contribution in [2.24, 2.45) is 5.92 Å². The van der Waals surface area contributed by atoms with Gasteiger partial charge in [0.15, 0.2) is 6.10 Å². The highest BCUT2D eigenvalue weighted by Crippen LogP contribution is 2.33. The van der Waals surface area contributed by atoms with Crippen LogP contribution in [0.4, 0.5) is 5.00 Å². The Morgan fingerprint density at radius 3 is 2.27 bits per heavy atom. The number of esters is 1. The van der Waals surface area contributed by atoms with Gasteiger partial charge in [-0.2, -0.15) is 5.26 Å². The average Bonchev–Trinajstić information content (AvgIpc) is 2.80. The number of carbonyl (C=O) groups excluding carboxylic acids is 3. The summed E-state index contributed by atoms with van der Waals surface area (Å²) in [5, 5.41) is 14.9. The van der Waals surface area contributed by atoms with Crippen LogP contribution in [0.1, 0.15) is 55.4 Å². The van der Waals surface area contributed by atoms with Crippen molar-refractivity contribution in [3.8, 4) is 6.07 Å². The first kappa shape index (κ1) is 21.6. The van der Waals surface area contributed by atoms with Gasteiger partial charge in [-0.1, -0.05) is 13.8 Å². The van der Waals surface area contributed by atoms with E-state index in [0.717, 1.165) is 4.88 Å². The number of anilines is 1. The SMILES string of the molecule is CC(=O)Nc1sc(C)c(C)c1C(=O)O[C@H](C)C(=O)N[C@](C)(C#N)C(C)C. The van der Waals surface area contributed by atoms with Crippen LogP contribution in [0.3, 0.4) is 0 Å². The first-order valence-corrected chi connectivity index (χ1v) is 9.06. The molecule has 0 aliphatic heterocycles. The number of hydrogen-bond acceptors (Lipinski definition) is 6. The smallest absolute Gasteiger partial charge is 0.342 e. The van der Waals surface area contributed by atoms with Gasteiger partial charge in [0.05, 0.1) is 11.6 Å². The van der Waals surface area contributed by atoms with E-state index in [-0.39, 0.29) is 17.4 Å². The van der Waals surface area contributed by atoms with Gasteiger partial charge >= 0.3 is 5.97 Å². The van der Waals surface area contributed by atoms with Crippen LogP contribution in [-0.2, 0) is 14.3 Å². The van der Waals surface area contributed by atoms with Crippen molar-refractivity contribution >= 4 is 34.1 Å². The van der Waals surface area contributed by atoms with E-state index < -0.39 is 23.5 Å². The molecule has 1 heterocycles. The lowest BCUT2D eigenvalue weighted by atomic mass is 9.90. The highest BCUT2D eigenvalue weighted by atomic mass is 32.1. The van der Waals surface area contributed by atoms with E-state index in [0.29, 0.717) is 10.6 Å². The molecule has 2 N–H and O–H groups in total. The Labute approximate surface area is 157 Å². The van der Waals surface area contributed by atoms with Gasteiger partial charge in [0.25, 0.3) is 5.91 Å². The highest BCUT2D eigenvalue weighted by molar-refractivity contribution is 7.16. The van der Waals surface area contributed by atoms with Crippen molar-refractivity contribution in [1.29, 1.82) is 5.26 Å². The summed E-state index contributed by atoms with van der Waals surface area (Å²) in [4.78, 5) is 37.1. The van der Waals surface area contributed by atoms with Crippen molar-refractivity contribution in [2.75, 3.05) is 5.32 Å². The fourth-order valence-electron chi connectivity index (χ4n) is 2.05. The summed E-state index contributed by atoms with van der Waals surface area (Å²) in [6, 6.07) is 2.07. The Morgan fingerprint density at radius 1 is 1.23 bits per heavy atom. The van der Waals surface area contributed by atoms with Gasteiger partial charge in [-0.05, 0) is 39.2 Å². The quantitative estimate of drug-likeness (QED) is 0.739. The molecule has 1 rings (SSSR count). The second-order valence-electron chi connectivity index (χ2n) is 6.67. The maximum absolute atomic E-state index is 12.6. The fraction of sp³-hybridized carbons (Fsp3) is 0.556. The molecule has 0 aromatic carbocycles. The molecule has 0 aliphatic rings. The zero-order chi connectivity index (χ0) is 20.2. The van der Waals surface area contributed by atoms with E-state index in [4.69, 9.17) is 4.74 Å². The second kappa shape index (κ2) is 8.32. The number of amides is 2. The molecule has 1 aromatic heterocycles. The van der Waals surface area contributed by atoms with Crippen LogP contribution in [0.2, 0.25) is 0 Å². The molecule has 26 heavy (non-hydrogen) atoms. The highest BCUT2D eigenvalue weighted by Gasteiger charge is 2.33. The van der Waals surface area contributed by atoms with Crippen LogP contribution in [0, 0.1) is 31.1 Å². The summed E-state index contributed by atoms with van der Waals surface area (Å²) in [7, 11) is 0. The largest absolute Gasteiger partial charge is 0.449 e. The molecule has 0 aliphatic carbocycles. The molecule has 1 aromatic rings. The standard InChI is InChI=1S/C18H25N3O4S/c1-9(2)18(7,8-19)21-15(23)11(4)25-17(24)14-10(3)12(5)26-16(14)20-13(6)22/h9,11H,1-7H3,(H,20,22)(H,21,23)/t11-,18-/m1/s1. The van der Waals surface area contributed by atoms with Crippen molar-refractivity contribution < 1.29 is 19.1 Å². The monoisotopic (exact) mass is 379 g/mol. The van der Waals surface area contributed by atoms with E-state index in [2.05, 4.69) is 16.7 Å². The summed E-state index contributed by atoms with van der Waals surface area (Å²) >= 11 is 1.27. The number of hydrogen-bond donors (Lipinski definition) is 2. The molecule has 8 heteroatoms. The molecule has 7 nitrogen and oxygen atoms in total. The maximum atomic E-state index is 12.6. The third kappa shape index (κ3) is 4.82. The molecular formula is C18H25N3O4S. The van der Waals surface area contributed by atoms with Crippen LogP contribution >= 0.6 is 11.3 Å². The van der Waals surface area contributed by atoms with E-state index in [1.54, 1.807) is 13.8 Å². The molecule has 2 amide bonds. The normalized spacial score (nSPS) is 14.1. The fourth-order valence-corrected chi connectivity index (χ4v) is 3.15. The number of carbonyl (C=O) groups is 3. The maximum Gasteiger partial charge on any atom is 0.342 e. The van der Waals surface area contributed by atoms with E-state index >= 15 is 0 Å². The van der Waals surface area contributed by atoms with E-state index in [1.165, 1.54) is 25.2 Å². The first-order valence-electron chi connectivity index (χ1n) is 8.24. The van der Waals surface area contributed by atoms with E-state index in [9.17, 15) is 19.6 Å². The minimum Gasteiger partial charge on any atom is -0.449 e. The Morgan fingerprint density at radius 2 is 1.81 bits per heavy atom. The Hall–Kier alpha value is -2.40. The van der Waals surface area contributed by atoms with Crippen molar-refractivity contribution in [2.45, 2.75) is 60.1 Å². The Kier molecular flexibility index (Phi) is 6.93. The molecule has 142 valence electrons. The number of nitriles is 1. The van der Waals surface area contributed by atoms with Gasteiger partial charge < -0.3 is 15.4 Å². The summed E-state index contributed by atoms with van der Waals surface area (Å²) in [6.07, 6.45) is -1.08. The van der Waals surface area contributed by atoms with Crippen LogP contribution in [-0.4, -0.2) is 29.4 Å². The predicted molar refractivity (Wildman–Crippen MR) is 100.0 cm³/mol. The lowest BCUT2D eigenvalue weighted by molar-refractivity contribution is -0.130. The number of nitrogens with one attached hydrogen (secondary N) is 2. The van der Waals surface area contributed by atoms with Crippen molar-refractivity contribution in [3.63, 3.8) is 0 Å². The minimum absolute atomic E-state index is 0.118. The average molecular weight is 379 g/mol. The summed E-state index contributed by atoms with van der Waals surface area (Å²) in [6.45, 7) is 11.6. The van der Waals surface area contributed by atoms with E-state index in [1.807, 2.05) is 20.8 Å². The molecule has 0 unspecified atom stereocenters. The summed E-state index contributed by atoms with van der Waals surface area (Å²) in [5.41, 5.74) is -0.122. The zero-order valence-corrected chi connectivity index (χ0v) is 17.0. The zero-order valence-electron chi connectivity index (χ0n) is 16.1. The topological polar surface area (TPSA) is 108 Å². The molecular weight excluding hydrogens is 354 g/mol. The van der Waals surface area contributed by atoms with Crippen molar-refractivity contribution in [3.05, 3.63) is 16.0 Å². The lowest BCUT2D eigenvalue weighted by Crippen LogP contribution is -2.52. The van der Waals surface area contributed by atoms with Crippen LogP contribution in [0.5, 0.6) is 0 Å². The van der Waals surface area contributed by atoms with Crippen molar-refractivity contribution in [1.82, 2.24) is 5.32 Å². The van der Waals surface area contributed by atoms with Crippen LogP contribution in [0.15, 0.2) is 0 Å². The van der Waals surface area contributed by atoms with Crippen LogP contribution in [0.25, 0.3) is 0 Å². The Balaban J connectivity index is 2.96. The molecule has 0 bridgehead atoms. The summed E-state index contributed by atoms with van der Waals surface area (Å²) in [5.74, 6) is -1.66. The minimum atomic E-state index is -1.08. The molecule has 0 radical (unpaired) electrons. The summed E-state index contributed by atoms with van der Waals surface area (Å²) < 4.78 is 5.28. The second-order valence-corrected chi connectivity index (χ2v) is 7.90. The van der Waals surface area contributed by atoms with Gasteiger partial charge in [0, 0.05) is 11.8 Å². The molecule has 0 fully saturated rings.